The lowest BCUT2D eigenvalue weighted by Crippen LogP contribution is -2.38. The van der Waals surface area contributed by atoms with Crippen LogP contribution in [0.4, 0.5) is 0 Å². The van der Waals surface area contributed by atoms with E-state index >= 15 is 0 Å². The van der Waals surface area contributed by atoms with Crippen molar-refractivity contribution in [3.05, 3.63) is 64.9 Å². The summed E-state index contributed by atoms with van der Waals surface area (Å²) in [6.07, 6.45) is 1.60. The number of likely N-dealkylation sites (tertiary alicyclic amines) is 1. The number of esters is 1. The molecule has 0 bridgehead atoms. The molecule has 2 aromatic carbocycles. The zero-order chi connectivity index (χ0) is 21.8. The quantitative estimate of drug-likeness (QED) is 0.417. The first-order valence-corrected chi connectivity index (χ1v) is 11.2. The third-order valence-corrected chi connectivity index (χ3v) is 6.07. The Morgan fingerprint density at radius 2 is 1.87 bits per heavy atom. The van der Waals surface area contributed by atoms with Crippen molar-refractivity contribution in [2.24, 2.45) is 5.92 Å². The second-order valence-electron chi connectivity index (χ2n) is 7.93. The molecule has 162 valence electrons. The maximum atomic E-state index is 12.0. The molecule has 0 unspecified atom stereocenters. The summed E-state index contributed by atoms with van der Waals surface area (Å²) in [7, 11) is 0. The lowest BCUT2D eigenvalue weighted by Gasteiger charge is -2.30. The van der Waals surface area contributed by atoms with Gasteiger partial charge in [-0.3, -0.25) is 14.3 Å². The van der Waals surface area contributed by atoms with E-state index in [-0.39, 0.29) is 11.9 Å². The number of carbonyl (C=O) groups excluding carboxylic acids is 1. The summed E-state index contributed by atoms with van der Waals surface area (Å²) < 4.78 is 9.79. The van der Waals surface area contributed by atoms with Crippen molar-refractivity contribution in [1.82, 2.24) is 19.2 Å². The highest BCUT2D eigenvalue weighted by molar-refractivity contribution is 7.71. The van der Waals surface area contributed by atoms with Crippen LogP contribution in [0.15, 0.2) is 54.6 Å². The van der Waals surface area contributed by atoms with Crippen molar-refractivity contribution in [2.45, 2.75) is 33.4 Å². The van der Waals surface area contributed by atoms with Crippen LogP contribution in [-0.2, 0) is 16.2 Å². The summed E-state index contributed by atoms with van der Waals surface area (Å²) in [5, 5.41) is 4.91. The molecule has 1 aliphatic rings. The number of benzene rings is 2. The van der Waals surface area contributed by atoms with E-state index in [1.807, 2.05) is 40.4 Å². The van der Waals surface area contributed by atoms with Crippen LogP contribution in [0.25, 0.3) is 17.1 Å². The Labute approximate surface area is 188 Å². The van der Waals surface area contributed by atoms with Gasteiger partial charge in [0, 0.05) is 18.7 Å². The second kappa shape index (κ2) is 9.58. The van der Waals surface area contributed by atoms with Gasteiger partial charge in [-0.05, 0) is 56.6 Å². The zero-order valence-corrected chi connectivity index (χ0v) is 18.8. The van der Waals surface area contributed by atoms with Crippen LogP contribution < -0.4 is 0 Å². The third-order valence-electron chi connectivity index (χ3n) is 5.67. The molecule has 4 rings (SSSR count). The normalized spacial score (nSPS) is 15.2. The lowest BCUT2D eigenvalue weighted by atomic mass is 9.97. The molecule has 1 fully saturated rings. The standard InChI is InChI=1S/C24H28N4O2S/c1-3-30-23(29)20-12-14-26(15-13-20)17-27-24(31)28(21-11-7-8-18(2)16-21)22(25-27)19-9-5-4-6-10-19/h4-11,16,20H,3,12-15,17H2,1-2H3. The highest BCUT2D eigenvalue weighted by Crippen LogP contribution is 2.24. The van der Waals surface area contributed by atoms with Crippen molar-refractivity contribution in [1.29, 1.82) is 0 Å². The summed E-state index contributed by atoms with van der Waals surface area (Å²) in [6, 6.07) is 18.4. The van der Waals surface area contributed by atoms with Crippen LogP contribution >= 0.6 is 12.2 Å². The van der Waals surface area contributed by atoms with E-state index < -0.39 is 0 Å². The maximum absolute atomic E-state index is 12.0. The molecule has 0 aliphatic carbocycles. The van der Waals surface area contributed by atoms with Crippen LogP contribution in [0.2, 0.25) is 0 Å². The molecule has 2 heterocycles. The Morgan fingerprint density at radius 3 is 2.55 bits per heavy atom. The van der Waals surface area contributed by atoms with Gasteiger partial charge in [0.1, 0.15) is 0 Å². The Morgan fingerprint density at radius 1 is 1.13 bits per heavy atom. The Balaban J connectivity index is 1.61. The summed E-state index contributed by atoms with van der Waals surface area (Å²) in [5.41, 5.74) is 3.21. The third kappa shape index (κ3) is 4.78. The van der Waals surface area contributed by atoms with Crippen molar-refractivity contribution in [2.75, 3.05) is 19.7 Å². The van der Waals surface area contributed by atoms with Crippen LogP contribution in [0.1, 0.15) is 25.3 Å². The number of aromatic nitrogens is 3. The SMILES string of the molecule is CCOC(=O)C1CCN(Cn2nc(-c3ccccc3)n(-c3cccc(C)c3)c2=S)CC1. The summed E-state index contributed by atoms with van der Waals surface area (Å²) in [4.78, 5) is 14.3. The fourth-order valence-electron chi connectivity index (χ4n) is 4.03. The van der Waals surface area contributed by atoms with Crippen LogP contribution in [0, 0.1) is 17.6 Å². The molecule has 0 amide bonds. The minimum Gasteiger partial charge on any atom is -0.466 e. The lowest BCUT2D eigenvalue weighted by molar-refractivity contribution is -0.149. The first-order chi connectivity index (χ1) is 15.1. The fourth-order valence-corrected chi connectivity index (χ4v) is 4.32. The number of rotatable bonds is 6. The molecule has 0 radical (unpaired) electrons. The molecule has 1 saturated heterocycles. The topological polar surface area (TPSA) is 52.3 Å². The maximum Gasteiger partial charge on any atom is 0.309 e. The van der Waals surface area contributed by atoms with Crippen molar-refractivity contribution >= 4 is 18.2 Å². The number of piperidine rings is 1. The van der Waals surface area contributed by atoms with Gasteiger partial charge in [0.05, 0.1) is 24.9 Å². The van der Waals surface area contributed by atoms with E-state index in [2.05, 4.69) is 42.2 Å². The average Bonchev–Trinajstić information content (AvgIpc) is 3.11. The molecular weight excluding hydrogens is 408 g/mol. The fraction of sp³-hybridized carbons (Fsp3) is 0.375. The molecule has 0 saturated carbocycles. The van der Waals surface area contributed by atoms with Gasteiger partial charge in [-0.15, -0.1) is 5.10 Å². The average molecular weight is 437 g/mol. The van der Waals surface area contributed by atoms with Gasteiger partial charge in [0.25, 0.3) is 0 Å². The first-order valence-electron chi connectivity index (χ1n) is 10.8. The highest BCUT2D eigenvalue weighted by atomic mass is 32.1. The number of ether oxygens (including phenoxy) is 1. The van der Waals surface area contributed by atoms with Crippen molar-refractivity contribution in [3.8, 4) is 17.1 Å². The van der Waals surface area contributed by atoms with E-state index in [9.17, 15) is 4.79 Å². The van der Waals surface area contributed by atoms with E-state index in [1.165, 1.54) is 5.56 Å². The van der Waals surface area contributed by atoms with E-state index in [0.717, 1.165) is 43.0 Å². The molecule has 1 aromatic heterocycles. The molecule has 6 nitrogen and oxygen atoms in total. The predicted octanol–water partition coefficient (Wildman–Crippen LogP) is 4.61. The minimum absolute atomic E-state index is 0.00565. The van der Waals surface area contributed by atoms with Gasteiger partial charge in [-0.25, -0.2) is 4.68 Å². The van der Waals surface area contributed by atoms with E-state index in [0.29, 0.717) is 18.0 Å². The number of carbonyl (C=O) groups is 1. The molecule has 7 heteroatoms. The Kier molecular flexibility index (Phi) is 6.63. The number of hydrogen-bond acceptors (Lipinski definition) is 5. The number of nitrogens with zero attached hydrogens (tertiary/aromatic N) is 4. The molecular formula is C24H28N4O2S. The molecule has 0 N–H and O–H groups in total. The number of aryl methyl sites for hydroxylation is 1. The summed E-state index contributed by atoms with van der Waals surface area (Å²) in [5.74, 6) is 0.750. The molecule has 0 atom stereocenters. The van der Waals surface area contributed by atoms with E-state index in [4.69, 9.17) is 22.1 Å². The zero-order valence-electron chi connectivity index (χ0n) is 18.0. The van der Waals surface area contributed by atoms with E-state index in [1.54, 1.807) is 0 Å². The van der Waals surface area contributed by atoms with Gasteiger partial charge < -0.3 is 4.74 Å². The highest BCUT2D eigenvalue weighted by Gasteiger charge is 2.26. The van der Waals surface area contributed by atoms with Crippen molar-refractivity contribution < 1.29 is 9.53 Å². The Hall–Kier alpha value is -2.77. The van der Waals surface area contributed by atoms with Gasteiger partial charge in [0.2, 0.25) is 4.77 Å². The smallest absolute Gasteiger partial charge is 0.309 e. The van der Waals surface area contributed by atoms with Crippen LogP contribution in [-0.4, -0.2) is 44.9 Å². The summed E-state index contributed by atoms with van der Waals surface area (Å²) in [6.45, 7) is 6.61. The van der Waals surface area contributed by atoms with Crippen LogP contribution in [0.3, 0.4) is 0 Å². The minimum atomic E-state index is -0.0751. The van der Waals surface area contributed by atoms with Gasteiger partial charge in [-0.1, -0.05) is 42.5 Å². The second-order valence-corrected chi connectivity index (χ2v) is 8.30. The monoisotopic (exact) mass is 436 g/mol. The van der Waals surface area contributed by atoms with Gasteiger partial charge in [-0.2, -0.15) is 0 Å². The van der Waals surface area contributed by atoms with Crippen molar-refractivity contribution in [3.63, 3.8) is 0 Å². The van der Waals surface area contributed by atoms with Crippen LogP contribution in [0.5, 0.6) is 0 Å². The van der Waals surface area contributed by atoms with Gasteiger partial charge >= 0.3 is 5.97 Å². The molecule has 31 heavy (non-hydrogen) atoms. The summed E-state index contributed by atoms with van der Waals surface area (Å²) >= 11 is 5.87. The molecule has 0 spiro atoms. The first kappa shape index (κ1) is 21.5. The molecule has 1 aliphatic heterocycles. The largest absolute Gasteiger partial charge is 0.466 e. The van der Waals surface area contributed by atoms with Gasteiger partial charge in [0.15, 0.2) is 5.82 Å². The molecule has 3 aromatic rings. The Bertz CT molecular complexity index is 1100. The number of hydrogen-bond donors (Lipinski definition) is 0. The predicted molar refractivity (Wildman–Crippen MR) is 123 cm³/mol.